The molecule has 1 aliphatic rings. The van der Waals surface area contributed by atoms with Gasteiger partial charge in [0.2, 0.25) is 5.91 Å². The zero-order valence-electron chi connectivity index (χ0n) is 12.1. The van der Waals surface area contributed by atoms with Gasteiger partial charge in [0.25, 0.3) is 0 Å². The first-order valence-corrected chi connectivity index (χ1v) is 7.81. The minimum Gasteiger partial charge on any atom is -0.394 e. The molecule has 1 rings (SSSR count). The van der Waals surface area contributed by atoms with Crippen LogP contribution in [0.25, 0.3) is 0 Å². The highest BCUT2D eigenvalue weighted by Gasteiger charge is 2.35. The second-order valence-corrected chi connectivity index (χ2v) is 8.37. The molecule has 1 fully saturated rings. The molecule has 1 amide bonds. The molecule has 18 heavy (non-hydrogen) atoms. The summed E-state index contributed by atoms with van der Waals surface area (Å²) in [6.07, 6.45) is 3.98. The molecule has 0 aliphatic heterocycles. The number of carbonyl (C=O) groups excluding carboxylic acids is 1. The van der Waals surface area contributed by atoms with E-state index >= 15 is 0 Å². The van der Waals surface area contributed by atoms with E-state index in [2.05, 4.69) is 33.0 Å². The van der Waals surface area contributed by atoms with E-state index in [0.717, 1.165) is 25.7 Å². The number of nitrogens with one attached hydrogen (secondary N) is 1. The number of carbonyl (C=O) groups is 1. The maximum Gasteiger partial charge on any atom is 0.230 e. The van der Waals surface area contributed by atoms with Crippen molar-refractivity contribution < 1.29 is 9.90 Å². The van der Waals surface area contributed by atoms with Crippen molar-refractivity contribution in [1.82, 2.24) is 5.32 Å². The van der Waals surface area contributed by atoms with E-state index in [1.54, 1.807) is 11.8 Å². The van der Waals surface area contributed by atoms with Crippen molar-refractivity contribution in [3.05, 3.63) is 0 Å². The number of aliphatic hydroxyl groups is 1. The molecule has 0 aromatic heterocycles. The van der Waals surface area contributed by atoms with Gasteiger partial charge in [-0.05, 0) is 31.6 Å². The maximum atomic E-state index is 12.0. The van der Waals surface area contributed by atoms with Gasteiger partial charge >= 0.3 is 0 Å². The quantitative estimate of drug-likeness (QED) is 0.827. The van der Waals surface area contributed by atoms with Gasteiger partial charge in [-0.3, -0.25) is 4.79 Å². The van der Waals surface area contributed by atoms with Crippen LogP contribution in [0.3, 0.4) is 0 Å². The Labute approximate surface area is 115 Å². The lowest BCUT2D eigenvalue weighted by Crippen LogP contribution is -2.53. The van der Waals surface area contributed by atoms with Crippen molar-refractivity contribution in [2.75, 3.05) is 12.4 Å². The Morgan fingerprint density at radius 2 is 1.94 bits per heavy atom. The monoisotopic (exact) mass is 273 g/mol. The average Bonchev–Trinajstić information content (AvgIpc) is 2.29. The number of rotatable bonds is 4. The molecule has 0 aromatic carbocycles. The molecule has 106 valence electrons. The molecule has 0 radical (unpaired) electrons. The van der Waals surface area contributed by atoms with Crippen LogP contribution in [0.2, 0.25) is 0 Å². The summed E-state index contributed by atoms with van der Waals surface area (Å²) in [6, 6.07) is 0. The first-order valence-electron chi connectivity index (χ1n) is 6.82. The van der Waals surface area contributed by atoms with Crippen LogP contribution in [-0.2, 0) is 4.79 Å². The molecular weight excluding hydrogens is 246 g/mol. The van der Waals surface area contributed by atoms with Gasteiger partial charge in [-0.15, -0.1) is 11.8 Å². The van der Waals surface area contributed by atoms with Crippen molar-refractivity contribution in [3.63, 3.8) is 0 Å². The van der Waals surface area contributed by atoms with E-state index in [-0.39, 0.29) is 22.8 Å². The summed E-state index contributed by atoms with van der Waals surface area (Å²) in [5, 5.41) is 12.6. The van der Waals surface area contributed by atoms with Gasteiger partial charge in [-0.25, -0.2) is 0 Å². The molecule has 2 N–H and O–H groups in total. The Morgan fingerprint density at radius 3 is 2.39 bits per heavy atom. The van der Waals surface area contributed by atoms with Crippen LogP contribution in [0.5, 0.6) is 0 Å². The summed E-state index contributed by atoms with van der Waals surface area (Å²) in [4.78, 5) is 12.0. The molecule has 0 bridgehead atoms. The van der Waals surface area contributed by atoms with E-state index in [4.69, 9.17) is 0 Å². The lowest BCUT2D eigenvalue weighted by atomic mass is 9.77. The van der Waals surface area contributed by atoms with Crippen LogP contribution < -0.4 is 5.32 Å². The second kappa shape index (κ2) is 6.29. The van der Waals surface area contributed by atoms with Crippen molar-refractivity contribution in [2.45, 2.75) is 63.7 Å². The van der Waals surface area contributed by atoms with Gasteiger partial charge in [0, 0.05) is 4.75 Å². The van der Waals surface area contributed by atoms with Crippen molar-refractivity contribution in [2.24, 2.45) is 5.92 Å². The number of amides is 1. The van der Waals surface area contributed by atoms with Crippen molar-refractivity contribution in [3.8, 4) is 0 Å². The lowest BCUT2D eigenvalue weighted by molar-refractivity contribution is -0.121. The van der Waals surface area contributed by atoms with Crippen LogP contribution in [0.15, 0.2) is 0 Å². The van der Waals surface area contributed by atoms with Crippen molar-refractivity contribution >= 4 is 17.7 Å². The third-order valence-electron chi connectivity index (χ3n) is 3.57. The average molecular weight is 273 g/mol. The first-order chi connectivity index (χ1) is 8.26. The molecule has 0 saturated heterocycles. The van der Waals surface area contributed by atoms with Crippen LogP contribution in [0.4, 0.5) is 0 Å². The summed E-state index contributed by atoms with van der Waals surface area (Å²) >= 11 is 1.65. The zero-order valence-corrected chi connectivity index (χ0v) is 12.9. The Bertz CT molecular complexity index is 278. The fourth-order valence-corrected chi connectivity index (χ4v) is 2.89. The molecule has 0 atom stereocenters. The molecule has 3 nitrogen and oxygen atoms in total. The Kier molecular flexibility index (Phi) is 5.53. The van der Waals surface area contributed by atoms with Crippen LogP contribution in [0.1, 0.15) is 53.4 Å². The Hall–Kier alpha value is -0.220. The maximum absolute atomic E-state index is 12.0. The fraction of sp³-hybridized carbons (Fsp3) is 0.929. The van der Waals surface area contributed by atoms with Gasteiger partial charge in [-0.2, -0.15) is 0 Å². The SMILES string of the molecule is CC1CCC(CO)(NC(=O)CSC(C)(C)C)CC1. The van der Waals surface area contributed by atoms with Gasteiger partial charge in [0.05, 0.1) is 17.9 Å². The topological polar surface area (TPSA) is 49.3 Å². The third-order valence-corrected chi connectivity index (χ3v) is 4.85. The highest BCUT2D eigenvalue weighted by atomic mass is 32.2. The Balaban J connectivity index is 2.45. The van der Waals surface area contributed by atoms with Gasteiger partial charge in [0.15, 0.2) is 0 Å². The van der Waals surface area contributed by atoms with E-state index in [1.807, 2.05) is 0 Å². The molecule has 1 aliphatic carbocycles. The second-order valence-electron chi connectivity index (χ2n) is 6.57. The van der Waals surface area contributed by atoms with Gasteiger partial charge in [-0.1, -0.05) is 27.7 Å². The minimum absolute atomic E-state index is 0.0542. The molecule has 4 heteroatoms. The summed E-state index contributed by atoms with van der Waals surface area (Å²) in [5.41, 5.74) is -0.359. The number of hydrogen-bond acceptors (Lipinski definition) is 3. The number of aliphatic hydroxyl groups excluding tert-OH is 1. The standard InChI is InChI=1S/C14H27NO2S/c1-11-5-7-14(10-16,8-6-11)15-12(17)9-18-13(2,3)4/h11,16H,5-10H2,1-4H3,(H,15,17). The summed E-state index contributed by atoms with van der Waals surface area (Å²) < 4.78 is 0.102. The lowest BCUT2D eigenvalue weighted by Gasteiger charge is -2.38. The van der Waals surface area contributed by atoms with E-state index in [1.165, 1.54) is 0 Å². The molecule has 0 aromatic rings. The summed E-state index contributed by atoms with van der Waals surface area (Å²) in [6.45, 7) is 8.61. The zero-order chi connectivity index (χ0) is 13.8. The van der Waals surface area contributed by atoms with Crippen LogP contribution in [0, 0.1) is 5.92 Å². The van der Waals surface area contributed by atoms with Crippen LogP contribution in [-0.4, -0.2) is 33.7 Å². The van der Waals surface area contributed by atoms with Crippen molar-refractivity contribution in [1.29, 1.82) is 0 Å². The predicted molar refractivity (Wildman–Crippen MR) is 77.8 cm³/mol. The smallest absolute Gasteiger partial charge is 0.230 e. The first kappa shape index (κ1) is 15.8. The summed E-state index contributed by atoms with van der Waals surface area (Å²) in [5.74, 6) is 1.24. The normalized spacial score (nSPS) is 29.1. The minimum atomic E-state index is -0.359. The summed E-state index contributed by atoms with van der Waals surface area (Å²) in [7, 11) is 0. The van der Waals surface area contributed by atoms with Crippen LogP contribution >= 0.6 is 11.8 Å². The molecule has 0 unspecified atom stereocenters. The largest absolute Gasteiger partial charge is 0.394 e. The van der Waals surface area contributed by atoms with Gasteiger partial charge in [0.1, 0.15) is 0 Å². The predicted octanol–water partition coefficient (Wildman–Crippen LogP) is 2.58. The van der Waals surface area contributed by atoms with E-state index in [9.17, 15) is 9.90 Å². The number of thioether (sulfide) groups is 1. The molecule has 1 saturated carbocycles. The fourth-order valence-electron chi connectivity index (χ4n) is 2.25. The van der Waals surface area contributed by atoms with E-state index < -0.39 is 0 Å². The van der Waals surface area contributed by atoms with E-state index in [0.29, 0.717) is 11.7 Å². The molecule has 0 heterocycles. The highest BCUT2D eigenvalue weighted by Crippen LogP contribution is 2.32. The molecular formula is C14H27NO2S. The van der Waals surface area contributed by atoms with Gasteiger partial charge < -0.3 is 10.4 Å². The number of hydrogen-bond donors (Lipinski definition) is 2. The Morgan fingerprint density at radius 1 is 1.39 bits per heavy atom. The highest BCUT2D eigenvalue weighted by molar-refractivity contribution is 8.01. The third kappa shape index (κ3) is 5.19. The molecule has 0 spiro atoms.